The second kappa shape index (κ2) is 0.977. The largest absolute Gasteiger partial charge is 0.393 e. The Morgan fingerprint density at radius 2 is 2.20 bits per heavy atom. The number of hydrogen-bond acceptors (Lipinski definition) is 1. The average Bonchev–Trinajstić information content (AvgIpc) is 1.30. The molecule has 1 aliphatic rings. The predicted octanol–water partition coefficient (Wildman–Crippen LogP) is 0.345. The zero-order valence-corrected chi connectivity index (χ0v) is 3.02. The van der Waals surface area contributed by atoms with Crippen LogP contribution in [0.2, 0.25) is 0 Å². The lowest BCUT2D eigenvalue weighted by Crippen LogP contribution is -2.16. The Bertz CT molecular complexity index is 30.6. The van der Waals surface area contributed by atoms with Gasteiger partial charge in [-0.05, 0) is 19.3 Å². The van der Waals surface area contributed by atoms with Gasteiger partial charge in [-0.2, -0.15) is 0 Å². The molecule has 0 aromatic rings. The van der Waals surface area contributed by atoms with Crippen molar-refractivity contribution < 1.29 is 5.11 Å². The minimum absolute atomic E-state index is 0.0602. The topological polar surface area (TPSA) is 20.2 Å². The Hall–Kier alpha value is -0.0400. The third-order valence-electron chi connectivity index (χ3n) is 0.901. The van der Waals surface area contributed by atoms with Crippen molar-refractivity contribution in [2.45, 2.75) is 18.9 Å². The van der Waals surface area contributed by atoms with Crippen molar-refractivity contribution in [1.29, 1.82) is 0 Å². The fourth-order valence-corrected chi connectivity index (χ4v) is 0.316. The Morgan fingerprint density at radius 1 is 1.80 bits per heavy atom. The summed E-state index contributed by atoms with van der Waals surface area (Å²) in [6.07, 6.45) is 3.94. The SMILES string of the molecule is O[C@H]1[CH]CC1. The zero-order valence-electron chi connectivity index (χ0n) is 3.02. The van der Waals surface area contributed by atoms with E-state index in [1.54, 1.807) is 0 Å². The van der Waals surface area contributed by atoms with E-state index in [4.69, 9.17) is 5.11 Å². The van der Waals surface area contributed by atoms with Gasteiger partial charge in [0, 0.05) is 0 Å². The molecule has 0 bridgehead atoms. The van der Waals surface area contributed by atoms with Crippen LogP contribution in [0.5, 0.6) is 0 Å². The fourth-order valence-electron chi connectivity index (χ4n) is 0.316. The van der Waals surface area contributed by atoms with Crippen molar-refractivity contribution >= 4 is 0 Å². The first-order valence-electron chi connectivity index (χ1n) is 1.91. The zero-order chi connectivity index (χ0) is 3.70. The molecule has 1 N–H and O–H groups in total. The highest BCUT2D eigenvalue weighted by Gasteiger charge is 2.12. The lowest BCUT2D eigenvalue weighted by Gasteiger charge is -2.17. The molecule has 1 radical (unpaired) electrons. The molecule has 0 aromatic heterocycles. The van der Waals surface area contributed by atoms with Crippen LogP contribution in [0, 0.1) is 6.42 Å². The third kappa shape index (κ3) is 0.428. The van der Waals surface area contributed by atoms with Crippen molar-refractivity contribution in [3.05, 3.63) is 6.42 Å². The normalized spacial score (nSPS) is 25.8. The molecule has 0 saturated heterocycles. The van der Waals surface area contributed by atoms with Crippen molar-refractivity contribution in [2.75, 3.05) is 0 Å². The van der Waals surface area contributed by atoms with Gasteiger partial charge in [-0.3, -0.25) is 0 Å². The maximum Gasteiger partial charge on any atom is 0.0572 e. The van der Waals surface area contributed by atoms with E-state index >= 15 is 0 Å². The van der Waals surface area contributed by atoms with Gasteiger partial charge in [0.1, 0.15) is 0 Å². The van der Waals surface area contributed by atoms with Crippen LogP contribution in [0.4, 0.5) is 0 Å². The molecule has 1 rings (SSSR count). The summed E-state index contributed by atoms with van der Waals surface area (Å²) in [5, 5.41) is 8.39. The molecule has 1 nitrogen and oxygen atoms in total. The Balaban J connectivity index is 2.08. The Morgan fingerprint density at radius 3 is 2.20 bits per heavy atom. The third-order valence-corrected chi connectivity index (χ3v) is 0.901. The van der Waals surface area contributed by atoms with Crippen molar-refractivity contribution in [3.8, 4) is 0 Å². The molecular formula is C4H7O. The van der Waals surface area contributed by atoms with E-state index in [-0.39, 0.29) is 6.10 Å². The smallest absolute Gasteiger partial charge is 0.0572 e. The van der Waals surface area contributed by atoms with E-state index in [1.165, 1.54) is 0 Å². The first-order chi connectivity index (χ1) is 2.39. The van der Waals surface area contributed by atoms with Gasteiger partial charge >= 0.3 is 0 Å². The van der Waals surface area contributed by atoms with Crippen LogP contribution in [-0.2, 0) is 0 Å². The molecule has 0 heterocycles. The molecule has 29 valence electrons. The van der Waals surface area contributed by atoms with Crippen LogP contribution in [0.25, 0.3) is 0 Å². The summed E-state index contributed by atoms with van der Waals surface area (Å²) in [5.41, 5.74) is 0. The van der Waals surface area contributed by atoms with Crippen LogP contribution >= 0.6 is 0 Å². The maximum atomic E-state index is 8.39. The second-order valence-corrected chi connectivity index (χ2v) is 1.38. The van der Waals surface area contributed by atoms with Gasteiger partial charge in [0.15, 0.2) is 0 Å². The van der Waals surface area contributed by atoms with Gasteiger partial charge in [-0.1, -0.05) is 0 Å². The molecule has 0 spiro atoms. The first-order valence-corrected chi connectivity index (χ1v) is 1.91. The van der Waals surface area contributed by atoms with Gasteiger partial charge in [0.2, 0.25) is 0 Å². The van der Waals surface area contributed by atoms with Crippen LogP contribution in [0.15, 0.2) is 0 Å². The summed E-state index contributed by atoms with van der Waals surface area (Å²) in [6, 6.07) is 0. The van der Waals surface area contributed by atoms with Crippen LogP contribution < -0.4 is 0 Å². The molecule has 0 amide bonds. The highest BCUT2D eigenvalue weighted by Crippen LogP contribution is 2.15. The summed E-state index contributed by atoms with van der Waals surface area (Å²) in [6.45, 7) is 0. The van der Waals surface area contributed by atoms with Crippen LogP contribution in [0.3, 0.4) is 0 Å². The molecule has 0 unspecified atom stereocenters. The summed E-state index contributed by atoms with van der Waals surface area (Å²) in [7, 11) is 0. The number of hydrogen-bond donors (Lipinski definition) is 1. The molecule has 1 heteroatoms. The molecule has 1 fully saturated rings. The second-order valence-electron chi connectivity index (χ2n) is 1.38. The monoisotopic (exact) mass is 71.0 g/mol. The van der Waals surface area contributed by atoms with Gasteiger partial charge < -0.3 is 5.11 Å². The van der Waals surface area contributed by atoms with Gasteiger partial charge in [-0.15, -0.1) is 0 Å². The van der Waals surface area contributed by atoms with E-state index in [0.29, 0.717) is 0 Å². The number of aliphatic hydroxyl groups excluding tert-OH is 1. The first kappa shape index (κ1) is 3.16. The van der Waals surface area contributed by atoms with Crippen molar-refractivity contribution in [3.63, 3.8) is 0 Å². The van der Waals surface area contributed by atoms with Gasteiger partial charge in [0.05, 0.1) is 6.10 Å². The highest BCUT2D eigenvalue weighted by atomic mass is 16.3. The molecule has 5 heavy (non-hydrogen) atoms. The summed E-state index contributed by atoms with van der Waals surface area (Å²) < 4.78 is 0. The Labute approximate surface area is 31.6 Å². The summed E-state index contributed by atoms with van der Waals surface area (Å²) in [4.78, 5) is 0. The molecule has 1 atom stereocenters. The predicted molar refractivity (Wildman–Crippen MR) is 19.5 cm³/mol. The summed E-state index contributed by atoms with van der Waals surface area (Å²) >= 11 is 0. The quantitative estimate of drug-likeness (QED) is 0.436. The molecule has 0 aliphatic heterocycles. The van der Waals surface area contributed by atoms with E-state index in [1.807, 2.05) is 6.42 Å². The highest BCUT2D eigenvalue weighted by molar-refractivity contribution is 4.86. The van der Waals surface area contributed by atoms with E-state index in [0.717, 1.165) is 12.8 Å². The number of rotatable bonds is 0. The van der Waals surface area contributed by atoms with Gasteiger partial charge in [0.25, 0.3) is 0 Å². The summed E-state index contributed by atoms with van der Waals surface area (Å²) in [5.74, 6) is 0. The van der Waals surface area contributed by atoms with Crippen molar-refractivity contribution in [1.82, 2.24) is 0 Å². The van der Waals surface area contributed by atoms with Crippen LogP contribution in [0.1, 0.15) is 12.8 Å². The number of aliphatic hydroxyl groups is 1. The average molecular weight is 71.1 g/mol. The van der Waals surface area contributed by atoms with E-state index < -0.39 is 0 Å². The van der Waals surface area contributed by atoms with Crippen molar-refractivity contribution in [2.24, 2.45) is 0 Å². The Kier molecular flexibility index (Phi) is 0.618. The minimum atomic E-state index is -0.0602. The maximum absolute atomic E-state index is 8.39. The minimum Gasteiger partial charge on any atom is -0.393 e. The molecular weight excluding hydrogens is 64.0 g/mol. The lowest BCUT2D eigenvalue weighted by molar-refractivity contribution is 0.151. The fraction of sp³-hybridized carbons (Fsp3) is 0.750. The van der Waals surface area contributed by atoms with Crippen LogP contribution in [-0.4, -0.2) is 11.2 Å². The van der Waals surface area contributed by atoms with E-state index in [2.05, 4.69) is 0 Å². The molecule has 1 saturated carbocycles. The molecule has 0 aromatic carbocycles. The van der Waals surface area contributed by atoms with E-state index in [9.17, 15) is 0 Å². The standard InChI is InChI=1S/C4H7O/c5-4-2-1-3-4/h2,4-5H,1,3H2/t4-/m0/s1. The molecule has 1 aliphatic carbocycles. The van der Waals surface area contributed by atoms with Gasteiger partial charge in [-0.25, -0.2) is 0 Å². The lowest BCUT2D eigenvalue weighted by atomic mass is 9.97.